The van der Waals surface area contributed by atoms with Crippen LogP contribution >= 0.6 is 27.3 Å². The van der Waals surface area contributed by atoms with E-state index in [-0.39, 0.29) is 11.9 Å². The number of benzene rings is 1. The smallest absolute Gasteiger partial charge is 0.148 e. The normalized spacial score (nSPS) is 12.8. The lowest BCUT2D eigenvalue weighted by molar-refractivity contribution is 0.627. The van der Waals surface area contributed by atoms with E-state index in [4.69, 9.17) is 5.73 Å². The zero-order valence-electron chi connectivity index (χ0n) is 8.45. The Kier molecular flexibility index (Phi) is 3.32. The second-order valence-electron chi connectivity index (χ2n) is 3.36. The standard InChI is InChI=1S/C10H9BrFN3S/c1-5(13)9-14-15-10(16-9)7-3-2-6(12)4-8(7)11/h2-5H,13H2,1H3. The molecule has 0 aliphatic rings. The third kappa shape index (κ3) is 2.28. The molecule has 1 unspecified atom stereocenters. The maximum absolute atomic E-state index is 12.9. The molecule has 6 heteroatoms. The molecule has 1 aromatic heterocycles. The predicted octanol–water partition coefficient (Wildman–Crippen LogP) is 3.13. The van der Waals surface area contributed by atoms with Gasteiger partial charge in [-0.05, 0) is 41.1 Å². The molecule has 0 saturated heterocycles. The fraction of sp³-hybridized carbons (Fsp3) is 0.200. The molecule has 2 aromatic rings. The number of hydrogen-bond donors (Lipinski definition) is 1. The second-order valence-corrected chi connectivity index (χ2v) is 5.22. The van der Waals surface area contributed by atoms with Crippen LogP contribution in [-0.2, 0) is 0 Å². The number of aromatic nitrogens is 2. The van der Waals surface area contributed by atoms with Gasteiger partial charge in [0.25, 0.3) is 0 Å². The highest BCUT2D eigenvalue weighted by Gasteiger charge is 2.12. The van der Waals surface area contributed by atoms with Gasteiger partial charge in [-0.15, -0.1) is 10.2 Å². The van der Waals surface area contributed by atoms with Crippen LogP contribution < -0.4 is 5.73 Å². The summed E-state index contributed by atoms with van der Waals surface area (Å²) in [6.07, 6.45) is 0. The van der Waals surface area contributed by atoms with Crippen LogP contribution in [-0.4, -0.2) is 10.2 Å². The first-order chi connectivity index (χ1) is 7.58. The molecule has 0 aliphatic carbocycles. The highest BCUT2D eigenvalue weighted by Crippen LogP contribution is 2.32. The molecule has 0 spiro atoms. The lowest BCUT2D eigenvalue weighted by atomic mass is 10.2. The first-order valence-corrected chi connectivity index (χ1v) is 6.23. The van der Waals surface area contributed by atoms with E-state index in [1.807, 2.05) is 6.92 Å². The Morgan fingerprint density at radius 2 is 2.19 bits per heavy atom. The first kappa shape index (κ1) is 11.6. The van der Waals surface area contributed by atoms with Crippen LogP contribution in [0.15, 0.2) is 22.7 Å². The van der Waals surface area contributed by atoms with Gasteiger partial charge in [0.15, 0.2) is 0 Å². The zero-order chi connectivity index (χ0) is 11.7. The second kappa shape index (κ2) is 4.57. The summed E-state index contributed by atoms with van der Waals surface area (Å²) >= 11 is 4.71. The Labute approximate surface area is 105 Å². The van der Waals surface area contributed by atoms with E-state index in [0.717, 1.165) is 15.6 Å². The molecule has 0 saturated carbocycles. The Hall–Kier alpha value is -0.850. The Bertz CT molecular complexity index is 513. The van der Waals surface area contributed by atoms with E-state index < -0.39 is 0 Å². The predicted molar refractivity (Wildman–Crippen MR) is 65.6 cm³/mol. The number of hydrogen-bond acceptors (Lipinski definition) is 4. The third-order valence-electron chi connectivity index (χ3n) is 1.99. The van der Waals surface area contributed by atoms with E-state index in [1.54, 1.807) is 6.07 Å². The van der Waals surface area contributed by atoms with Gasteiger partial charge in [0, 0.05) is 10.0 Å². The minimum atomic E-state index is -0.285. The monoisotopic (exact) mass is 301 g/mol. The van der Waals surface area contributed by atoms with Gasteiger partial charge in [0.1, 0.15) is 15.8 Å². The van der Waals surface area contributed by atoms with Crippen molar-refractivity contribution < 1.29 is 4.39 Å². The highest BCUT2D eigenvalue weighted by atomic mass is 79.9. The van der Waals surface area contributed by atoms with Crippen LogP contribution in [0.3, 0.4) is 0 Å². The topological polar surface area (TPSA) is 51.8 Å². The molecule has 0 bridgehead atoms. The number of halogens is 2. The van der Waals surface area contributed by atoms with Crippen LogP contribution in [0, 0.1) is 5.82 Å². The molecule has 1 atom stereocenters. The lowest BCUT2D eigenvalue weighted by Crippen LogP contribution is -2.03. The number of nitrogens with zero attached hydrogens (tertiary/aromatic N) is 2. The van der Waals surface area contributed by atoms with E-state index in [9.17, 15) is 4.39 Å². The van der Waals surface area contributed by atoms with Crippen LogP contribution in [0.4, 0.5) is 4.39 Å². The summed E-state index contributed by atoms with van der Waals surface area (Å²) < 4.78 is 13.6. The summed E-state index contributed by atoms with van der Waals surface area (Å²) in [5.41, 5.74) is 6.53. The van der Waals surface area contributed by atoms with Crippen LogP contribution in [0.25, 0.3) is 10.6 Å². The number of nitrogens with two attached hydrogens (primary N) is 1. The fourth-order valence-corrected chi connectivity index (χ4v) is 2.70. The van der Waals surface area contributed by atoms with Crippen LogP contribution in [0.2, 0.25) is 0 Å². The van der Waals surface area contributed by atoms with Crippen LogP contribution in [0.5, 0.6) is 0 Å². The molecule has 1 aromatic carbocycles. The molecule has 1 heterocycles. The van der Waals surface area contributed by atoms with E-state index >= 15 is 0 Å². The molecule has 0 aliphatic heterocycles. The van der Waals surface area contributed by atoms with Gasteiger partial charge < -0.3 is 5.73 Å². The maximum Gasteiger partial charge on any atom is 0.148 e. The van der Waals surface area contributed by atoms with Gasteiger partial charge in [-0.3, -0.25) is 0 Å². The largest absolute Gasteiger partial charge is 0.322 e. The molecule has 16 heavy (non-hydrogen) atoms. The first-order valence-electron chi connectivity index (χ1n) is 4.62. The van der Waals surface area contributed by atoms with Crippen molar-refractivity contribution >= 4 is 27.3 Å². The van der Waals surface area contributed by atoms with Gasteiger partial charge in [0.2, 0.25) is 0 Å². The molecule has 2 rings (SSSR count). The molecular formula is C10H9BrFN3S. The van der Waals surface area contributed by atoms with Gasteiger partial charge >= 0.3 is 0 Å². The van der Waals surface area contributed by atoms with Crippen molar-refractivity contribution in [1.29, 1.82) is 0 Å². The molecule has 84 valence electrons. The van der Waals surface area contributed by atoms with Gasteiger partial charge in [-0.2, -0.15) is 0 Å². The molecular weight excluding hydrogens is 293 g/mol. The van der Waals surface area contributed by atoms with Crippen molar-refractivity contribution in [3.8, 4) is 10.6 Å². The van der Waals surface area contributed by atoms with Crippen molar-refractivity contribution in [1.82, 2.24) is 10.2 Å². The fourth-order valence-electron chi connectivity index (χ4n) is 1.19. The minimum absolute atomic E-state index is 0.134. The molecule has 0 amide bonds. The lowest BCUT2D eigenvalue weighted by Gasteiger charge is -1.99. The maximum atomic E-state index is 12.9. The summed E-state index contributed by atoms with van der Waals surface area (Å²) in [7, 11) is 0. The molecule has 0 fully saturated rings. The van der Waals surface area contributed by atoms with Gasteiger partial charge in [-0.25, -0.2) is 4.39 Å². The van der Waals surface area contributed by atoms with E-state index in [2.05, 4.69) is 26.1 Å². The zero-order valence-corrected chi connectivity index (χ0v) is 10.8. The SMILES string of the molecule is CC(N)c1nnc(-c2ccc(F)cc2Br)s1. The highest BCUT2D eigenvalue weighted by molar-refractivity contribution is 9.10. The summed E-state index contributed by atoms with van der Waals surface area (Å²) in [6, 6.07) is 4.34. The van der Waals surface area contributed by atoms with Gasteiger partial charge in [0.05, 0.1) is 6.04 Å². The van der Waals surface area contributed by atoms with Gasteiger partial charge in [-0.1, -0.05) is 11.3 Å². The van der Waals surface area contributed by atoms with Crippen molar-refractivity contribution in [2.75, 3.05) is 0 Å². The van der Waals surface area contributed by atoms with Crippen molar-refractivity contribution in [3.63, 3.8) is 0 Å². The average Bonchev–Trinajstić information content (AvgIpc) is 2.66. The van der Waals surface area contributed by atoms with E-state index in [0.29, 0.717) is 4.47 Å². The summed E-state index contributed by atoms with van der Waals surface area (Å²) in [6.45, 7) is 1.85. The number of rotatable bonds is 2. The minimum Gasteiger partial charge on any atom is -0.322 e. The summed E-state index contributed by atoms with van der Waals surface area (Å²) in [4.78, 5) is 0. The van der Waals surface area contributed by atoms with Crippen molar-refractivity contribution in [3.05, 3.63) is 33.5 Å². The Morgan fingerprint density at radius 3 is 2.75 bits per heavy atom. The average molecular weight is 302 g/mol. The summed E-state index contributed by atoms with van der Waals surface area (Å²) in [5.74, 6) is -0.285. The van der Waals surface area contributed by atoms with Crippen molar-refractivity contribution in [2.24, 2.45) is 5.73 Å². The molecule has 3 nitrogen and oxygen atoms in total. The molecule has 0 radical (unpaired) electrons. The van der Waals surface area contributed by atoms with Crippen molar-refractivity contribution in [2.45, 2.75) is 13.0 Å². The molecule has 2 N–H and O–H groups in total. The third-order valence-corrected chi connectivity index (χ3v) is 3.81. The Morgan fingerprint density at radius 1 is 1.44 bits per heavy atom. The Balaban J connectivity index is 2.42. The summed E-state index contributed by atoms with van der Waals surface area (Å²) in [5, 5.41) is 9.52. The van der Waals surface area contributed by atoms with Crippen LogP contribution in [0.1, 0.15) is 18.0 Å². The quantitative estimate of drug-likeness (QED) is 0.927. The van der Waals surface area contributed by atoms with E-state index in [1.165, 1.54) is 23.5 Å².